The number of hydrogen-bond acceptors (Lipinski definition) is 2. The molecule has 20 heavy (non-hydrogen) atoms. The average Bonchev–Trinajstić information content (AvgIpc) is 2.72. The van der Waals surface area contributed by atoms with E-state index >= 15 is 0 Å². The van der Waals surface area contributed by atoms with Gasteiger partial charge in [-0.15, -0.1) is 0 Å². The van der Waals surface area contributed by atoms with Crippen LogP contribution in [0.1, 0.15) is 44.8 Å². The number of rotatable bonds is 3. The first-order chi connectivity index (χ1) is 9.60. The van der Waals surface area contributed by atoms with Crippen LogP contribution in [0, 0.1) is 11.7 Å². The lowest BCUT2D eigenvalue weighted by molar-refractivity contribution is -0.135. The van der Waals surface area contributed by atoms with E-state index in [2.05, 4.69) is 12.2 Å². The molecule has 1 saturated carbocycles. The van der Waals surface area contributed by atoms with Crippen LogP contribution in [0.3, 0.4) is 0 Å². The molecule has 2 aliphatic rings. The Morgan fingerprint density at radius 3 is 2.75 bits per heavy atom. The standard InChI is InChI=1S/C16H21FN2O/c1-3-14-16(20)19(13-7-10(2)8-13)15(18-14)11-5-4-6-12(17)9-11/h4-6,9-10,13-15,18H,3,7-8H2,1-2H3. The topological polar surface area (TPSA) is 32.3 Å². The number of hydrogen-bond donors (Lipinski definition) is 1. The molecule has 1 aliphatic heterocycles. The molecule has 1 N–H and O–H groups in total. The zero-order valence-electron chi connectivity index (χ0n) is 12.0. The molecule has 1 aromatic rings. The average molecular weight is 276 g/mol. The van der Waals surface area contributed by atoms with E-state index in [9.17, 15) is 9.18 Å². The molecule has 108 valence electrons. The summed E-state index contributed by atoms with van der Waals surface area (Å²) in [5.41, 5.74) is 0.842. The van der Waals surface area contributed by atoms with Gasteiger partial charge in [0.25, 0.3) is 0 Å². The minimum atomic E-state index is -0.251. The van der Waals surface area contributed by atoms with Gasteiger partial charge in [0.05, 0.1) is 6.04 Å². The van der Waals surface area contributed by atoms with E-state index in [4.69, 9.17) is 0 Å². The summed E-state index contributed by atoms with van der Waals surface area (Å²) in [5, 5.41) is 3.36. The van der Waals surface area contributed by atoms with Gasteiger partial charge in [-0.2, -0.15) is 0 Å². The normalized spacial score (nSPS) is 33.4. The number of halogens is 1. The monoisotopic (exact) mass is 276 g/mol. The molecule has 3 nitrogen and oxygen atoms in total. The maximum atomic E-state index is 13.5. The van der Waals surface area contributed by atoms with Crippen LogP contribution in [-0.4, -0.2) is 22.9 Å². The lowest BCUT2D eigenvalue weighted by Gasteiger charge is -2.42. The Hall–Kier alpha value is -1.42. The van der Waals surface area contributed by atoms with Crippen molar-refractivity contribution in [3.63, 3.8) is 0 Å². The molecule has 1 aliphatic carbocycles. The van der Waals surface area contributed by atoms with Crippen molar-refractivity contribution in [3.8, 4) is 0 Å². The first kappa shape index (κ1) is 13.6. The zero-order chi connectivity index (χ0) is 14.3. The lowest BCUT2D eigenvalue weighted by atomic mass is 9.80. The van der Waals surface area contributed by atoms with Gasteiger partial charge in [0.2, 0.25) is 5.91 Å². The highest BCUT2D eigenvalue weighted by Crippen LogP contribution is 2.38. The molecule has 0 aromatic heterocycles. The van der Waals surface area contributed by atoms with Crippen molar-refractivity contribution in [1.29, 1.82) is 0 Å². The van der Waals surface area contributed by atoms with Gasteiger partial charge >= 0.3 is 0 Å². The molecule has 2 unspecified atom stereocenters. The summed E-state index contributed by atoms with van der Waals surface area (Å²) in [7, 11) is 0. The van der Waals surface area contributed by atoms with Crippen molar-refractivity contribution in [3.05, 3.63) is 35.6 Å². The van der Waals surface area contributed by atoms with E-state index in [0.29, 0.717) is 12.0 Å². The molecule has 2 atom stereocenters. The molecular weight excluding hydrogens is 255 g/mol. The van der Waals surface area contributed by atoms with Gasteiger partial charge in [-0.1, -0.05) is 26.0 Å². The Labute approximate surface area is 119 Å². The van der Waals surface area contributed by atoms with Crippen LogP contribution in [0.15, 0.2) is 24.3 Å². The fourth-order valence-electron chi connectivity index (χ4n) is 3.35. The summed E-state index contributed by atoms with van der Waals surface area (Å²) in [6.07, 6.45) is 2.69. The third-order valence-electron chi connectivity index (χ3n) is 4.50. The molecule has 1 amide bonds. The van der Waals surface area contributed by atoms with Crippen molar-refractivity contribution < 1.29 is 9.18 Å². The Kier molecular flexibility index (Phi) is 3.50. The van der Waals surface area contributed by atoms with Crippen LogP contribution in [0.5, 0.6) is 0 Å². The molecule has 2 fully saturated rings. The summed E-state index contributed by atoms with van der Waals surface area (Å²) in [6.45, 7) is 4.21. The second kappa shape index (κ2) is 5.17. The van der Waals surface area contributed by atoms with Gasteiger partial charge in [-0.25, -0.2) is 4.39 Å². The molecule has 0 radical (unpaired) electrons. The highest BCUT2D eigenvalue weighted by atomic mass is 19.1. The van der Waals surface area contributed by atoms with Crippen LogP contribution in [0.2, 0.25) is 0 Å². The van der Waals surface area contributed by atoms with E-state index < -0.39 is 0 Å². The van der Waals surface area contributed by atoms with Gasteiger partial charge in [0, 0.05) is 6.04 Å². The van der Waals surface area contributed by atoms with Crippen LogP contribution in [0.4, 0.5) is 4.39 Å². The first-order valence-corrected chi connectivity index (χ1v) is 7.43. The first-order valence-electron chi connectivity index (χ1n) is 7.43. The number of amides is 1. The molecule has 1 aromatic carbocycles. The minimum Gasteiger partial charge on any atom is -0.319 e. The summed E-state index contributed by atoms with van der Waals surface area (Å²) in [5.74, 6) is 0.596. The van der Waals surface area contributed by atoms with Crippen molar-refractivity contribution in [2.24, 2.45) is 5.92 Å². The minimum absolute atomic E-state index is 0.140. The molecule has 1 heterocycles. The molecule has 0 bridgehead atoms. The van der Waals surface area contributed by atoms with E-state index in [1.165, 1.54) is 12.1 Å². The van der Waals surface area contributed by atoms with Crippen LogP contribution >= 0.6 is 0 Å². The largest absolute Gasteiger partial charge is 0.319 e. The number of nitrogens with zero attached hydrogens (tertiary/aromatic N) is 1. The highest BCUT2D eigenvalue weighted by Gasteiger charge is 2.45. The lowest BCUT2D eigenvalue weighted by Crippen LogP contribution is -2.47. The van der Waals surface area contributed by atoms with Gasteiger partial charge in [-0.3, -0.25) is 10.1 Å². The fraction of sp³-hybridized carbons (Fsp3) is 0.562. The molecule has 1 saturated heterocycles. The second-order valence-electron chi connectivity index (χ2n) is 6.06. The SMILES string of the molecule is CCC1NC(c2cccc(F)c2)N(C2CC(C)C2)C1=O. The van der Waals surface area contributed by atoms with Crippen molar-refractivity contribution in [2.75, 3.05) is 0 Å². The van der Waals surface area contributed by atoms with Crippen molar-refractivity contribution >= 4 is 5.91 Å². The Balaban J connectivity index is 1.89. The number of carbonyl (C=O) groups excluding carboxylic acids is 1. The van der Waals surface area contributed by atoms with E-state index in [0.717, 1.165) is 24.8 Å². The van der Waals surface area contributed by atoms with Gasteiger partial charge in [-0.05, 0) is 42.9 Å². The summed E-state index contributed by atoms with van der Waals surface area (Å²) < 4.78 is 13.5. The quantitative estimate of drug-likeness (QED) is 0.920. The predicted molar refractivity (Wildman–Crippen MR) is 75.4 cm³/mol. The Bertz CT molecular complexity index is 513. The highest BCUT2D eigenvalue weighted by molar-refractivity contribution is 5.85. The molecule has 4 heteroatoms. The Morgan fingerprint density at radius 1 is 1.40 bits per heavy atom. The zero-order valence-corrected chi connectivity index (χ0v) is 12.0. The summed E-state index contributed by atoms with van der Waals surface area (Å²) >= 11 is 0. The third-order valence-corrected chi connectivity index (χ3v) is 4.50. The van der Waals surface area contributed by atoms with Gasteiger partial charge in [0.15, 0.2) is 0 Å². The van der Waals surface area contributed by atoms with Crippen molar-refractivity contribution in [1.82, 2.24) is 10.2 Å². The predicted octanol–water partition coefficient (Wildman–Crippen LogP) is 2.83. The molecular formula is C16H21FN2O. The maximum Gasteiger partial charge on any atom is 0.241 e. The Morgan fingerprint density at radius 2 is 2.15 bits per heavy atom. The van der Waals surface area contributed by atoms with Crippen LogP contribution in [-0.2, 0) is 4.79 Å². The fourth-order valence-corrected chi connectivity index (χ4v) is 3.35. The van der Waals surface area contributed by atoms with Gasteiger partial charge < -0.3 is 4.90 Å². The molecule has 3 rings (SSSR count). The number of nitrogens with one attached hydrogen (secondary N) is 1. The van der Waals surface area contributed by atoms with E-state index in [1.807, 2.05) is 17.9 Å². The van der Waals surface area contributed by atoms with Crippen LogP contribution < -0.4 is 5.32 Å². The number of carbonyl (C=O) groups is 1. The van der Waals surface area contributed by atoms with E-state index in [1.54, 1.807) is 6.07 Å². The summed E-state index contributed by atoms with van der Waals surface area (Å²) in [6, 6.07) is 6.72. The van der Waals surface area contributed by atoms with Crippen molar-refractivity contribution in [2.45, 2.75) is 51.4 Å². The summed E-state index contributed by atoms with van der Waals surface area (Å²) in [4.78, 5) is 14.5. The molecule has 0 spiro atoms. The van der Waals surface area contributed by atoms with Gasteiger partial charge in [0.1, 0.15) is 12.0 Å². The van der Waals surface area contributed by atoms with Crippen LogP contribution in [0.25, 0.3) is 0 Å². The second-order valence-corrected chi connectivity index (χ2v) is 6.06. The maximum absolute atomic E-state index is 13.5. The third kappa shape index (κ3) is 2.22. The smallest absolute Gasteiger partial charge is 0.241 e. The van der Waals surface area contributed by atoms with E-state index in [-0.39, 0.29) is 23.9 Å². The number of benzene rings is 1.